The molecule has 0 radical (unpaired) electrons. The molecule has 0 aliphatic heterocycles. The maximum atomic E-state index is 10.6. The molecule has 0 amide bonds. The van der Waals surface area contributed by atoms with E-state index < -0.39 is 5.97 Å². The lowest BCUT2D eigenvalue weighted by molar-refractivity contribution is -0.137. The predicted molar refractivity (Wildman–Crippen MR) is 84.8 cm³/mol. The minimum atomic E-state index is -0.679. The Hall–Kier alpha value is -0.790. The second kappa shape index (κ2) is 10.0. The molecule has 2 nitrogen and oxygen atoms in total. The molecule has 0 bridgehead atoms. The maximum Gasteiger partial charge on any atom is 0.303 e. The van der Waals surface area contributed by atoms with Gasteiger partial charge in [-0.25, -0.2) is 0 Å². The fourth-order valence-electron chi connectivity index (χ4n) is 3.14. The number of rotatable bonds is 13. The number of aliphatic carboxylic acids is 1. The highest BCUT2D eigenvalue weighted by Gasteiger charge is 2.42. The van der Waals surface area contributed by atoms with E-state index in [2.05, 4.69) is 13.5 Å². The highest BCUT2D eigenvalue weighted by atomic mass is 16.4. The number of unbranched alkanes of at least 4 members (excludes halogenated alkanes) is 9. The lowest BCUT2D eigenvalue weighted by atomic mass is 10.0. The Morgan fingerprint density at radius 1 is 0.950 bits per heavy atom. The van der Waals surface area contributed by atoms with E-state index in [1.165, 1.54) is 69.8 Å². The van der Waals surface area contributed by atoms with Crippen molar-refractivity contribution < 1.29 is 9.90 Å². The fraction of sp³-hybridized carbons (Fsp3) is 0.833. The Kier molecular flexibility index (Phi) is 8.64. The molecule has 1 rings (SSSR count). The van der Waals surface area contributed by atoms with Crippen molar-refractivity contribution in [3.8, 4) is 0 Å². The van der Waals surface area contributed by atoms with E-state index in [-0.39, 0.29) is 5.92 Å². The zero-order valence-electron chi connectivity index (χ0n) is 13.2. The van der Waals surface area contributed by atoms with Crippen LogP contribution in [0.2, 0.25) is 0 Å². The van der Waals surface area contributed by atoms with E-state index in [0.29, 0.717) is 12.3 Å². The molecule has 2 heteroatoms. The first-order valence-electron chi connectivity index (χ1n) is 8.57. The van der Waals surface area contributed by atoms with Crippen molar-refractivity contribution in [1.29, 1.82) is 0 Å². The smallest absolute Gasteiger partial charge is 0.303 e. The molecule has 1 aliphatic rings. The summed E-state index contributed by atoms with van der Waals surface area (Å²) in [5.41, 5.74) is 1.18. The van der Waals surface area contributed by atoms with Crippen molar-refractivity contribution in [3.05, 3.63) is 12.2 Å². The maximum absolute atomic E-state index is 10.6. The summed E-state index contributed by atoms with van der Waals surface area (Å²) in [7, 11) is 0. The molecule has 1 saturated carbocycles. The fourth-order valence-corrected chi connectivity index (χ4v) is 3.14. The topological polar surface area (TPSA) is 37.3 Å². The molecule has 1 N–H and O–H groups in total. The molecule has 0 aromatic carbocycles. The van der Waals surface area contributed by atoms with Gasteiger partial charge in [-0.1, -0.05) is 83.3 Å². The summed E-state index contributed by atoms with van der Waals surface area (Å²) in [5.74, 6) is 0.118. The van der Waals surface area contributed by atoms with Gasteiger partial charge < -0.3 is 5.11 Å². The van der Waals surface area contributed by atoms with Crippen LogP contribution in [0.3, 0.4) is 0 Å². The molecule has 20 heavy (non-hydrogen) atoms. The molecule has 1 aliphatic carbocycles. The standard InChI is InChI=1S/C18H32O2/c1-3-4-5-6-7-8-9-10-11-12-13-16-15(2)17(16)14-18(19)20/h16-17H,2-14H2,1H3,(H,19,20)/t16-,17+/m0/s1. The summed E-state index contributed by atoms with van der Waals surface area (Å²) >= 11 is 0. The van der Waals surface area contributed by atoms with Gasteiger partial charge in [-0.05, 0) is 18.3 Å². The second-order valence-corrected chi connectivity index (χ2v) is 6.36. The molecule has 116 valence electrons. The van der Waals surface area contributed by atoms with E-state index in [1.54, 1.807) is 0 Å². The molecule has 0 unspecified atom stereocenters. The van der Waals surface area contributed by atoms with Crippen molar-refractivity contribution in [1.82, 2.24) is 0 Å². The van der Waals surface area contributed by atoms with E-state index in [0.717, 1.165) is 6.42 Å². The highest BCUT2D eigenvalue weighted by molar-refractivity contribution is 5.69. The Morgan fingerprint density at radius 3 is 1.95 bits per heavy atom. The van der Waals surface area contributed by atoms with Gasteiger partial charge in [0.25, 0.3) is 0 Å². The van der Waals surface area contributed by atoms with E-state index in [4.69, 9.17) is 5.11 Å². The first-order valence-corrected chi connectivity index (χ1v) is 8.57. The minimum absolute atomic E-state index is 0.283. The predicted octanol–water partition coefficient (Wildman–Crippen LogP) is 5.57. The summed E-state index contributed by atoms with van der Waals surface area (Å²) in [6, 6.07) is 0. The highest BCUT2D eigenvalue weighted by Crippen LogP contribution is 2.49. The van der Waals surface area contributed by atoms with Crippen LogP contribution < -0.4 is 0 Å². The molecular weight excluding hydrogens is 248 g/mol. The van der Waals surface area contributed by atoms with Crippen LogP contribution >= 0.6 is 0 Å². The van der Waals surface area contributed by atoms with Gasteiger partial charge in [0.2, 0.25) is 0 Å². The summed E-state index contributed by atoms with van der Waals surface area (Å²) < 4.78 is 0. The second-order valence-electron chi connectivity index (χ2n) is 6.36. The van der Waals surface area contributed by atoms with Crippen LogP contribution in [-0.4, -0.2) is 11.1 Å². The zero-order valence-corrected chi connectivity index (χ0v) is 13.2. The van der Waals surface area contributed by atoms with Crippen LogP contribution in [0, 0.1) is 11.8 Å². The molecule has 1 fully saturated rings. The van der Waals surface area contributed by atoms with Crippen molar-refractivity contribution >= 4 is 5.97 Å². The largest absolute Gasteiger partial charge is 0.481 e. The van der Waals surface area contributed by atoms with Gasteiger partial charge in [-0.15, -0.1) is 0 Å². The molecule has 0 aromatic heterocycles. The molecular formula is C18H32O2. The monoisotopic (exact) mass is 280 g/mol. The van der Waals surface area contributed by atoms with Crippen molar-refractivity contribution in [3.63, 3.8) is 0 Å². The first kappa shape index (κ1) is 17.3. The Morgan fingerprint density at radius 2 is 1.45 bits per heavy atom. The van der Waals surface area contributed by atoms with Crippen LogP contribution in [0.4, 0.5) is 0 Å². The number of hydrogen-bond donors (Lipinski definition) is 1. The molecule has 0 aromatic rings. The molecule has 2 atom stereocenters. The number of carbonyl (C=O) groups is 1. The van der Waals surface area contributed by atoms with Crippen LogP contribution in [0.25, 0.3) is 0 Å². The first-order chi connectivity index (χ1) is 9.66. The molecule has 0 spiro atoms. The lowest BCUT2D eigenvalue weighted by Gasteiger charge is -2.02. The lowest BCUT2D eigenvalue weighted by Crippen LogP contribution is -1.97. The average Bonchev–Trinajstić information content (AvgIpc) is 3.00. The van der Waals surface area contributed by atoms with Gasteiger partial charge in [0.15, 0.2) is 0 Å². The summed E-state index contributed by atoms with van der Waals surface area (Å²) in [6.45, 7) is 6.24. The van der Waals surface area contributed by atoms with E-state index in [9.17, 15) is 4.79 Å². The number of hydrogen-bond acceptors (Lipinski definition) is 1. The van der Waals surface area contributed by atoms with Crippen LogP contribution in [0.1, 0.15) is 84.0 Å². The van der Waals surface area contributed by atoms with Gasteiger partial charge >= 0.3 is 5.97 Å². The number of carboxylic acids is 1. The van der Waals surface area contributed by atoms with Gasteiger partial charge in [0.05, 0.1) is 6.42 Å². The summed E-state index contributed by atoms with van der Waals surface area (Å²) in [6.07, 6.45) is 15.0. The van der Waals surface area contributed by atoms with Crippen LogP contribution in [-0.2, 0) is 4.79 Å². The Labute approximate surface area is 124 Å². The molecule has 0 heterocycles. The van der Waals surface area contributed by atoms with Crippen LogP contribution in [0.15, 0.2) is 12.2 Å². The number of allylic oxidation sites excluding steroid dienone is 1. The third-order valence-corrected chi connectivity index (χ3v) is 4.59. The third-order valence-electron chi connectivity index (χ3n) is 4.59. The molecule has 0 saturated heterocycles. The average molecular weight is 280 g/mol. The summed E-state index contributed by atoms with van der Waals surface area (Å²) in [4.78, 5) is 10.6. The van der Waals surface area contributed by atoms with Crippen molar-refractivity contribution in [2.24, 2.45) is 11.8 Å². The van der Waals surface area contributed by atoms with Gasteiger partial charge in [0.1, 0.15) is 0 Å². The van der Waals surface area contributed by atoms with Gasteiger partial charge in [-0.3, -0.25) is 4.79 Å². The third kappa shape index (κ3) is 7.12. The minimum Gasteiger partial charge on any atom is -0.481 e. The zero-order chi connectivity index (χ0) is 14.8. The van der Waals surface area contributed by atoms with Crippen molar-refractivity contribution in [2.75, 3.05) is 0 Å². The van der Waals surface area contributed by atoms with Gasteiger partial charge in [-0.2, -0.15) is 0 Å². The van der Waals surface area contributed by atoms with E-state index in [1.807, 2.05) is 0 Å². The number of carboxylic acid groups (broad SMARTS) is 1. The van der Waals surface area contributed by atoms with Crippen molar-refractivity contribution in [2.45, 2.75) is 84.0 Å². The normalized spacial score (nSPS) is 21.1. The SMILES string of the molecule is C=C1[C@@H](CC(=O)O)[C@H]1CCCCCCCCCCCC. The Balaban J connectivity index is 1.84. The van der Waals surface area contributed by atoms with Gasteiger partial charge in [0, 0.05) is 0 Å². The van der Waals surface area contributed by atoms with E-state index >= 15 is 0 Å². The van der Waals surface area contributed by atoms with Crippen LogP contribution in [0.5, 0.6) is 0 Å². The quantitative estimate of drug-likeness (QED) is 0.353. The Bertz CT molecular complexity index is 296. The summed E-state index contributed by atoms with van der Waals surface area (Å²) in [5, 5.41) is 8.76.